The summed E-state index contributed by atoms with van der Waals surface area (Å²) in [5.74, 6) is -0.0135. The maximum atomic E-state index is 12.6. The number of methoxy groups -OCH3 is 2. The standard InChI is InChI=1S/C16H25N3O5S.ClH/c1-17-25(21,22)12-8-13(15(24-4)14(9-12)23-3)16(20)18-10-11-6-5-7-19(11)2;/h8-9,11,17H,5-7,10H2,1-4H3,(H,18,20);1H. The first-order valence-electron chi connectivity index (χ1n) is 8.02. The Morgan fingerprint density at radius 3 is 2.50 bits per heavy atom. The van der Waals surface area contributed by atoms with Gasteiger partial charge in [0.05, 0.1) is 24.7 Å². The molecule has 10 heteroatoms. The quantitative estimate of drug-likeness (QED) is 0.695. The molecule has 1 saturated heterocycles. The van der Waals surface area contributed by atoms with E-state index >= 15 is 0 Å². The van der Waals surface area contributed by atoms with Crippen molar-refractivity contribution in [1.82, 2.24) is 14.9 Å². The van der Waals surface area contributed by atoms with Crippen molar-refractivity contribution in [3.8, 4) is 11.5 Å². The van der Waals surface area contributed by atoms with Gasteiger partial charge >= 0.3 is 0 Å². The fourth-order valence-corrected chi connectivity index (χ4v) is 3.69. The molecule has 8 nitrogen and oxygen atoms in total. The van der Waals surface area contributed by atoms with E-state index in [-0.39, 0.29) is 40.4 Å². The zero-order valence-electron chi connectivity index (χ0n) is 15.4. The zero-order valence-corrected chi connectivity index (χ0v) is 17.0. The van der Waals surface area contributed by atoms with Crippen molar-refractivity contribution in [1.29, 1.82) is 0 Å². The van der Waals surface area contributed by atoms with Crippen molar-refractivity contribution in [2.45, 2.75) is 23.8 Å². The van der Waals surface area contributed by atoms with Gasteiger partial charge in [-0.05, 0) is 39.5 Å². The third-order valence-electron chi connectivity index (χ3n) is 4.45. The van der Waals surface area contributed by atoms with Crippen LogP contribution in [0.3, 0.4) is 0 Å². The molecule has 2 N–H and O–H groups in total. The van der Waals surface area contributed by atoms with Crippen LogP contribution in [0, 0.1) is 0 Å². The molecule has 0 spiro atoms. The van der Waals surface area contributed by atoms with E-state index in [1.807, 2.05) is 7.05 Å². The van der Waals surface area contributed by atoms with Gasteiger partial charge in [-0.1, -0.05) is 0 Å². The lowest BCUT2D eigenvalue weighted by molar-refractivity contribution is 0.0939. The molecule has 1 atom stereocenters. The highest BCUT2D eigenvalue weighted by atomic mass is 35.5. The van der Waals surface area contributed by atoms with Crippen LogP contribution in [0.4, 0.5) is 0 Å². The molecule has 148 valence electrons. The van der Waals surface area contributed by atoms with Crippen LogP contribution >= 0.6 is 12.4 Å². The molecule has 1 unspecified atom stereocenters. The first-order valence-corrected chi connectivity index (χ1v) is 9.50. The van der Waals surface area contributed by atoms with Crippen LogP contribution in [-0.2, 0) is 10.0 Å². The minimum Gasteiger partial charge on any atom is -0.493 e. The second kappa shape index (κ2) is 9.40. The van der Waals surface area contributed by atoms with Gasteiger partial charge in [0.15, 0.2) is 11.5 Å². The number of carbonyl (C=O) groups is 1. The number of halogens is 1. The number of likely N-dealkylation sites (tertiary alicyclic amines) is 1. The number of rotatable bonds is 7. The number of hydrogen-bond donors (Lipinski definition) is 2. The summed E-state index contributed by atoms with van der Waals surface area (Å²) >= 11 is 0. The molecule has 1 aromatic carbocycles. The normalized spacial score (nSPS) is 17.5. The number of hydrogen-bond acceptors (Lipinski definition) is 6. The van der Waals surface area contributed by atoms with Crippen molar-refractivity contribution >= 4 is 28.3 Å². The van der Waals surface area contributed by atoms with Crippen molar-refractivity contribution in [3.63, 3.8) is 0 Å². The summed E-state index contributed by atoms with van der Waals surface area (Å²) in [5, 5.41) is 2.86. The Balaban J connectivity index is 0.00000338. The molecule has 1 aliphatic rings. The van der Waals surface area contributed by atoms with E-state index in [0.29, 0.717) is 6.54 Å². The van der Waals surface area contributed by atoms with E-state index < -0.39 is 15.9 Å². The summed E-state index contributed by atoms with van der Waals surface area (Å²) in [4.78, 5) is 14.8. The molecule has 2 rings (SSSR count). The number of benzene rings is 1. The summed E-state index contributed by atoms with van der Waals surface area (Å²) in [6, 6.07) is 2.90. The molecule has 0 aromatic heterocycles. The molecular formula is C16H26ClN3O5S. The van der Waals surface area contributed by atoms with E-state index in [1.54, 1.807) is 0 Å². The molecule has 1 aromatic rings. The molecule has 26 heavy (non-hydrogen) atoms. The summed E-state index contributed by atoms with van der Waals surface area (Å²) in [7, 11) is 2.40. The average molecular weight is 408 g/mol. The Morgan fingerprint density at radius 2 is 2.00 bits per heavy atom. The predicted molar refractivity (Wildman–Crippen MR) is 101 cm³/mol. The average Bonchev–Trinajstić information content (AvgIpc) is 3.03. The maximum absolute atomic E-state index is 12.6. The van der Waals surface area contributed by atoms with Crippen molar-refractivity contribution < 1.29 is 22.7 Å². The highest BCUT2D eigenvalue weighted by Crippen LogP contribution is 2.34. The van der Waals surface area contributed by atoms with Gasteiger partial charge in [-0.2, -0.15) is 0 Å². The lowest BCUT2D eigenvalue weighted by atomic mass is 10.1. The van der Waals surface area contributed by atoms with Crippen molar-refractivity contribution in [2.24, 2.45) is 0 Å². The molecule has 1 fully saturated rings. The predicted octanol–water partition coefficient (Wildman–Crippen LogP) is 0.858. The Kier molecular flexibility index (Phi) is 8.14. The summed E-state index contributed by atoms with van der Waals surface area (Å²) in [6.07, 6.45) is 2.12. The molecule has 1 heterocycles. The number of likely N-dealkylation sites (N-methyl/N-ethyl adjacent to an activating group) is 1. The van der Waals surface area contributed by atoms with E-state index in [9.17, 15) is 13.2 Å². The van der Waals surface area contributed by atoms with Gasteiger partial charge in [-0.15, -0.1) is 12.4 Å². The number of ether oxygens (including phenoxy) is 2. The Hall–Kier alpha value is -1.55. The number of nitrogens with zero attached hydrogens (tertiary/aromatic N) is 1. The minimum absolute atomic E-state index is 0. The molecule has 0 saturated carbocycles. The number of sulfonamides is 1. The smallest absolute Gasteiger partial charge is 0.255 e. The molecule has 0 radical (unpaired) electrons. The zero-order chi connectivity index (χ0) is 18.6. The van der Waals surface area contributed by atoms with Gasteiger partial charge in [-0.25, -0.2) is 13.1 Å². The van der Waals surface area contributed by atoms with Crippen LogP contribution in [0.5, 0.6) is 11.5 Å². The second-order valence-corrected chi connectivity index (χ2v) is 7.79. The van der Waals surface area contributed by atoms with Gasteiger partial charge in [0.2, 0.25) is 10.0 Å². The fraction of sp³-hybridized carbons (Fsp3) is 0.562. The van der Waals surface area contributed by atoms with Crippen LogP contribution in [0.25, 0.3) is 0 Å². The lowest BCUT2D eigenvalue weighted by Crippen LogP contribution is -2.38. The second-order valence-electron chi connectivity index (χ2n) is 5.90. The van der Waals surface area contributed by atoms with Gasteiger partial charge in [-0.3, -0.25) is 4.79 Å². The van der Waals surface area contributed by atoms with Crippen LogP contribution in [-0.4, -0.2) is 66.7 Å². The molecule has 1 aliphatic heterocycles. The minimum atomic E-state index is -3.72. The number of amides is 1. The Labute approximate surface area is 160 Å². The van der Waals surface area contributed by atoms with Crippen LogP contribution in [0.1, 0.15) is 23.2 Å². The third-order valence-corrected chi connectivity index (χ3v) is 5.84. The molecule has 1 amide bonds. The fourth-order valence-electron chi connectivity index (χ4n) is 2.92. The first kappa shape index (κ1) is 22.5. The highest BCUT2D eigenvalue weighted by molar-refractivity contribution is 7.89. The van der Waals surface area contributed by atoms with Gasteiger partial charge < -0.3 is 19.7 Å². The monoisotopic (exact) mass is 407 g/mol. The lowest BCUT2D eigenvalue weighted by Gasteiger charge is -2.20. The Bertz CT molecular complexity index is 742. The van der Waals surface area contributed by atoms with Gasteiger partial charge in [0.25, 0.3) is 5.91 Å². The molecule has 0 bridgehead atoms. The summed E-state index contributed by atoms with van der Waals surface area (Å²) in [6.45, 7) is 1.50. The highest BCUT2D eigenvalue weighted by Gasteiger charge is 2.25. The van der Waals surface area contributed by atoms with Gasteiger partial charge in [0, 0.05) is 18.7 Å². The van der Waals surface area contributed by atoms with E-state index in [2.05, 4.69) is 14.9 Å². The van der Waals surface area contributed by atoms with Gasteiger partial charge in [0.1, 0.15) is 0 Å². The van der Waals surface area contributed by atoms with E-state index in [4.69, 9.17) is 9.47 Å². The number of nitrogens with one attached hydrogen (secondary N) is 2. The van der Waals surface area contributed by atoms with E-state index in [0.717, 1.165) is 19.4 Å². The molecule has 0 aliphatic carbocycles. The first-order chi connectivity index (χ1) is 11.8. The number of carbonyl (C=O) groups excluding carboxylic acids is 1. The van der Waals surface area contributed by atoms with Crippen LogP contribution in [0.2, 0.25) is 0 Å². The van der Waals surface area contributed by atoms with Crippen molar-refractivity contribution in [2.75, 3.05) is 41.4 Å². The third kappa shape index (κ3) is 4.79. The maximum Gasteiger partial charge on any atom is 0.255 e. The topological polar surface area (TPSA) is 97.0 Å². The van der Waals surface area contributed by atoms with Crippen LogP contribution in [0.15, 0.2) is 17.0 Å². The van der Waals surface area contributed by atoms with Crippen molar-refractivity contribution in [3.05, 3.63) is 17.7 Å². The SMILES string of the molecule is CNS(=O)(=O)c1cc(OC)c(OC)c(C(=O)NCC2CCCN2C)c1.Cl. The largest absolute Gasteiger partial charge is 0.493 e. The van der Waals surface area contributed by atoms with Crippen LogP contribution < -0.4 is 19.5 Å². The molecular weight excluding hydrogens is 382 g/mol. The Morgan fingerprint density at radius 1 is 1.31 bits per heavy atom. The summed E-state index contributed by atoms with van der Waals surface area (Å²) in [5.41, 5.74) is 0.122. The summed E-state index contributed by atoms with van der Waals surface area (Å²) < 4.78 is 36.9. The van der Waals surface area contributed by atoms with E-state index in [1.165, 1.54) is 33.4 Å².